The van der Waals surface area contributed by atoms with Gasteiger partial charge in [0.05, 0.1) is 0 Å². The predicted octanol–water partition coefficient (Wildman–Crippen LogP) is 3.13. The SMILES string of the molecule is CC(C)CC1CN(CC2(C(C)C)CC2)CCCN1. The van der Waals surface area contributed by atoms with E-state index < -0.39 is 0 Å². The summed E-state index contributed by atoms with van der Waals surface area (Å²) in [4.78, 5) is 2.75. The minimum Gasteiger partial charge on any atom is -0.313 e. The molecule has 2 rings (SSSR count). The molecule has 2 fully saturated rings. The third-order valence-corrected chi connectivity index (χ3v) is 4.97. The van der Waals surface area contributed by atoms with Crippen LogP contribution in [0.2, 0.25) is 0 Å². The molecule has 1 saturated heterocycles. The van der Waals surface area contributed by atoms with Crippen molar-refractivity contribution in [3.63, 3.8) is 0 Å². The Labute approximate surface area is 114 Å². The smallest absolute Gasteiger partial charge is 0.0197 e. The fourth-order valence-electron chi connectivity index (χ4n) is 3.47. The van der Waals surface area contributed by atoms with Gasteiger partial charge in [0.15, 0.2) is 0 Å². The molecule has 0 bridgehead atoms. The average molecular weight is 252 g/mol. The molecule has 1 heterocycles. The Bertz CT molecular complexity index is 256. The number of hydrogen-bond donors (Lipinski definition) is 1. The van der Waals surface area contributed by atoms with E-state index in [2.05, 4.69) is 37.9 Å². The van der Waals surface area contributed by atoms with E-state index in [4.69, 9.17) is 0 Å². The van der Waals surface area contributed by atoms with Gasteiger partial charge in [-0.1, -0.05) is 27.7 Å². The predicted molar refractivity (Wildman–Crippen MR) is 78.8 cm³/mol. The van der Waals surface area contributed by atoms with Crippen molar-refractivity contribution in [3.8, 4) is 0 Å². The van der Waals surface area contributed by atoms with Crippen LogP contribution in [0.15, 0.2) is 0 Å². The van der Waals surface area contributed by atoms with E-state index >= 15 is 0 Å². The van der Waals surface area contributed by atoms with E-state index in [1.807, 2.05) is 0 Å². The van der Waals surface area contributed by atoms with Crippen LogP contribution in [0.25, 0.3) is 0 Å². The minimum absolute atomic E-state index is 0.673. The summed E-state index contributed by atoms with van der Waals surface area (Å²) in [6.45, 7) is 14.6. The fourth-order valence-corrected chi connectivity index (χ4v) is 3.47. The van der Waals surface area contributed by atoms with Crippen LogP contribution in [0, 0.1) is 17.3 Å². The molecule has 0 aromatic rings. The van der Waals surface area contributed by atoms with Crippen LogP contribution in [-0.2, 0) is 0 Å². The topological polar surface area (TPSA) is 15.3 Å². The quantitative estimate of drug-likeness (QED) is 0.809. The van der Waals surface area contributed by atoms with E-state index in [-0.39, 0.29) is 0 Å². The molecule has 0 aromatic heterocycles. The summed E-state index contributed by atoms with van der Waals surface area (Å²) >= 11 is 0. The zero-order chi connectivity index (χ0) is 13.2. The first-order valence-electron chi connectivity index (χ1n) is 7.97. The van der Waals surface area contributed by atoms with E-state index in [1.165, 1.54) is 51.9 Å². The molecule has 1 aliphatic heterocycles. The fraction of sp³-hybridized carbons (Fsp3) is 1.00. The number of hydrogen-bond acceptors (Lipinski definition) is 2. The van der Waals surface area contributed by atoms with Gasteiger partial charge in [-0.15, -0.1) is 0 Å². The first kappa shape index (κ1) is 14.3. The molecule has 0 amide bonds. The molecule has 1 atom stereocenters. The standard InChI is InChI=1S/C16H32N2/c1-13(2)10-15-11-18(9-5-8-17-15)12-16(6-7-16)14(3)4/h13-15,17H,5-12H2,1-4H3. The zero-order valence-electron chi connectivity index (χ0n) is 12.8. The molecule has 1 N–H and O–H groups in total. The zero-order valence-corrected chi connectivity index (χ0v) is 12.8. The Kier molecular flexibility index (Phi) is 4.71. The van der Waals surface area contributed by atoms with Gasteiger partial charge in [0.2, 0.25) is 0 Å². The monoisotopic (exact) mass is 252 g/mol. The number of rotatable bonds is 5. The summed E-state index contributed by atoms with van der Waals surface area (Å²) in [5.41, 5.74) is 0.673. The second-order valence-corrected chi connectivity index (χ2v) is 7.39. The highest BCUT2D eigenvalue weighted by Gasteiger charge is 2.46. The molecular formula is C16H32N2. The lowest BCUT2D eigenvalue weighted by atomic mass is 9.91. The van der Waals surface area contributed by atoms with E-state index in [0.29, 0.717) is 5.41 Å². The molecule has 18 heavy (non-hydrogen) atoms. The summed E-state index contributed by atoms with van der Waals surface area (Å²) in [5.74, 6) is 1.67. The first-order chi connectivity index (χ1) is 8.52. The highest BCUT2D eigenvalue weighted by molar-refractivity contribution is 4.98. The second-order valence-electron chi connectivity index (χ2n) is 7.39. The van der Waals surface area contributed by atoms with Gasteiger partial charge in [-0.25, -0.2) is 0 Å². The maximum absolute atomic E-state index is 3.74. The van der Waals surface area contributed by atoms with Crippen LogP contribution in [0.3, 0.4) is 0 Å². The van der Waals surface area contributed by atoms with Crippen LogP contribution >= 0.6 is 0 Å². The molecule has 1 aliphatic carbocycles. The molecule has 0 radical (unpaired) electrons. The first-order valence-corrected chi connectivity index (χ1v) is 7.97. The average Bonchev–Trinajstić information content (AvgIpc) is 3.04. The Morgan fingerprint density at radius 2 is 1.94 bits per heavy atom. The lowest BCUT2D eigenvalue weighted by Gasteiger charge is -2.31. The van der Waals surface area contributed by atoms with Crippen molar-refractivity contribution < 1.29 is 0 Å². The van der Waals surface area contributed by atoms with Crippen LogP contribution in [0.1, 0.15) is 53.4 Å². The third kappa shape index (κ3) is 3.71. The van der Waals surface area contributed by atoms with Crippen molar-refractivity contribution in [1.82, 2.24) is 10.2 Å². The number of nitrogens with one attached hydrogen (secondary N) is 1. The van der Waals surface area contributed by atoms with Gasteiger partial charge in [0.1, 0.15) is 0 Å². The molecule has 1 unspecified atom stereocenters. The maximum Gasteiger partial charge on any atom is 0.0197 e. The largest absolute Gasteiger partial charge is 0.313 e. The molecule has 2 nitrogen and oxygen atoms in total. The summed E-state index contributed by atoms with van der Waals surface area (Å²) in [7, 11) is 0. The van der Waals surface area contributed by atoms with Crippen molar-refractivity contribution in [2.24, 2.45) is 17.3 Å². The van der Waals surface area contributed by atoms with Gasteiger partial charge in [-0.2, -0.15) is 0 Å². The summed E-state index contributed by atoms with van der Waals surface area (Å²) in [6, 6.07) is 0.718. The Balaban J connectivity index is 1.87. The summed E-state index contributed by atoms with van der Waals surface area (Å²) in [6.07, 6.45) is 5.57. The Morgan fingerprint density at radius 1 is 1.22 bits per heavy atom. The minimum atomic E-state index is 0.673. The van der Waals surface area contributed by atoms with E-state index in [1.54, 1.807) is 0 Å². The van der Waals surface area contributed by atoms with Crippen molar-refractivity contribution >= 4 is 0 Å². The van der Waals surface area contributed by atoms with Crippen LogP contribution < -0.4 is 5.32 Å². The third-order valence-electron chi connectivity index (χ3n) is 4.97. The van der Waals surface area contributed by atoms with Gasteiger partial charge in [0.25, 0.3) is 0 Å². The van der Waals surface area contributed by atoms with Gasteiger partial charge in [-0.05, 0) is 56.0 Å². The highest BCUT2D eigenvalue weighted by Crippen LogP contribution is 2.52. The lowest BCUT2D eigenvalue weighted by molar-refractivity contribution is 0.179. The second kappa shape index (κ2) is 5.92. The van der Waals surface area contributed by atoms with E-state index in [9.17, 15) is 0 Å². The van der Waals surface area contributed by atoms with Gasteiger partial charge >= 0.3 is 0 Å². The van der Waals surface area contributed by atoms with Crippen LogP contribution in [0.4, 0.5) is 0 Å². The van der Waals surface area contributed by atoms with Crippen molar-refractivity contribution in [2.45, 2.75) is 59.4 Å². The van der Waals surface area contributed by atoms with Crippen molar-refractivity contribution in [3.05, 3.63) is 0 Å². The van der Waals surface area contributed by atoms with E-state index in [0.717, 1.165) is 17.9 Å². The molecule has 106 valence electrons. The van der Waals surface area contributed by atoms with Crippen LogP contribution in [0.5, 0.6) is 0 Å². The molecule has 2 aliphatic rings. The summed E-state index contributed by atoms with van der Waals surface area (Å²) in [5, 5.41) is 3.74. The molecule has 2 heteroatoms. The van der Waals surface area contributed by atoms with Gasteiger partial charge in [-0.3, -0.25) is 0 Å². The molecule has 0 spiro atoms. The van der Waals surface area contributed by atoms with Crippen molar-refractivity contribution in [1.29, 1.82) is 0 Å². The molecule has 1 saturated carbocycles. The maximum atomic E-state index is 3.74. The Morgan fingerprint density at radius 3 is 2.50 bits per heavy atom. The number of nitrogens with zero attached hydrogens (tertiary/aromatic N) is 1. The Hall–Kier alpha value is -0.0800. The van der Waals surface area contributed by atoms with Crippen molar-refractivity contribution in [2.75, 3.05) is 26.2 Å². The normalized spacial score (nSPS) is 28.7. The molecular weight excluding hydrogens is 220 g/mol. The van der Waals surface area contributed by atoms with Gasteiger partial charge in [0, 0.05) is 19.1 Å². The lowest BCUT2D eigenvalue weighted by Crippen LogP contribution is -2.41. The molecule has 0 aromatic carbocycles. The van der Waals surface area contributed by atoms with Crippen LogP contribution in [-0.4, -0.2) is 37.1 Å². The summed E-state index contributed by atoms with van der Waals surface area (Å²) < 4.78 is 0. The van der Waals surface area contributed by atoms with Gasteiger partial charge < -0.3 is 10.2 Å². The highest BCUT2D eigenvalue weighted by atomic mass is 15.2.